The summed E-state index contributed by atoms with van der Waals surface area (Å²) in [4.78, 5) is 12.2. The Hall–Kier alpha value is -2.37. The number of benzene rings is 1. The lowest BCUT2D eigenvalue weighted by atomic mass is 9.98. The van der Waals surface area contributed by atoms with Gasteiger partial charge in [0.05, 0.1) is 12.8 Å². The number of amides is 1. The molecular formula is C16H20N4O6. The van der Waals surface area contributed by atoms with Crippen molar-refractivity contribution >= 4 is 5.91 Å². The second-order valence-electron chi connectivity index (χ2n) is 5.98. The number of hydrogen-bond donors (Lipinski definition) is 5. The zero-order chi connectivity index (χ0) is 18.7. The average molecular weight is 364 g/mol. The van der Waals surface area contributed by atoms with Crippen LogP contribution in [0.2, 0.25) is 0 Å². The molecule has 1 fully saturated rings. The highest BCUT2D eigenvalue weighted by Crippen LogP contribution is 2.20. The van der Waals surface area contributed by atoms with Crippen molar-refractivity contribution in [2.24, 2.45) is 0 Å². The highest BCUT2D eigenvalue weighted by atomic mass is 16.6. The molecule has 10 nitrogen and oxygen atoms in total. The molecule has 1 aliphatic rings. The summed E-state index contributed by atoms with van der Waals surface area (Å²) in [6.45, 7) is -0.754. The molecule has 3 rings (SSSR count). The lowest BCUT2D eigenvalue weighted by Gasteiger charge is -2.40. The summed E-state index contributed by atoms with van der Waals surface area (Å²) in [7, 11) is 0. The molecule has 0 aliphatic carbocycles. The first-order valence-corrected chi connectivity index (χ1v) is 8.05. The van der Waals surface area contributed by atoms with E-state index in [0.29, 0.717) is 5.69 Å². The van der Waals surface area contributed by atoms with Crippen LogP contribution in [0, 0.1) is 0 Å². The van der Waals surface area contributed by atoms with Gasteiger partial charge in [-0.3, -0.25) is 4.79 Å². The molecule has 140 valence electrons. The number of carbonyl (C=O) groups excluding carboxylic acids is 1. The first-order valence-electron chi connectivity index (χ1n) is 8.05. The maximum Gasteiger partial charge on any atom is 0.243 e. The Morgan fingerprint density at radius 1 is 1.15 bits per heavy atom. The fourth-order valence-electron chi connectivity index (χ4n) is 2.69. The van der Waals surface area contributed by atoms with E-state index in [-0.39, 0.29) is 6.54 Å². The minimum absolute atomic E-state index is 0.186. The Labute approximate surface area is 148 Å². The minimum atomic E-state index is -1.55. The fraction of sp³-hybridized carbons (Fsp3) is 0.438. The van der Waals surface area contributed by atoms with Crippen LogP contribution in [-0.4, -0.2) is 78.6 Å². The number of ether oxygens (including phenoxy) is 1. The van der Waals surface area contributed by atoms with Crippen LogP contribution < -0.4 is 5.32 Å². The molecule has 5 N–H and O–H groups in total. The van der Waals surface area contributed by atoms with Crippen LogP contribution in [0.4, 0.5) is 0 Å². The molecule has 5 atom stereocenters. The monoisotopic (exact) mass is 364 g/mol. The normalized spacial score (nSPS) is 28.7. The van der Waals surface area contributed by atoms with E-state index in [0.717, 1.165) is 5.56 Å². The summed E-state index contributed by atoms with van der Waals surface area (Å²) in [5.41, 5.74) is 1.46. The van der Waals surface area contributed by atoms with Gasteiger partial charge in [0, 0.05) is 5.56 Å². The average Bonchev–Trinajstić information content (AvgIpc) is 3.11. The highest BCUT2D eigenvalue weighted by Gasteiger charge is 2.43. The van der Waals surface area contributed by atoms with Gasteiger partial charge in [-0.2, -0.15) is 0 Å². The van der Waals surface area contributed by atoms with Gasteiger partial charge >= 0.3 is 0 Å². The van der Waals surface area contributed by atoms with Gasteiger partial charge < -0.3 is 30.5 Å². The molecule has 26 heavy (non-hydrogen) atoms. The van der Waals surface area contributed by atoms with Crippen molar-refractivity contribution in [2.45, 2.75) is 37.2 Å². The van der Waals surface area contributed by atoms with Crippen LogP contribution >= 0.6 is 0 Å². The molecule has 0 bridgehead atoms. The van der Waals surface area contributed by atoms with E-state index in [9.17, 15) is 20.1 Å². The van der Waals surface area contributed by atoms with E-state index >= 15 is 0 Å². The number of nitrogens with zero attached hydrogens (tertiary/aromatic N) is 3. The molecule has 0 unspecified atom stereocenters. The lowest BCUT2D eigenvalue weighted by Crippen LogP contribution is -2.63. The number of carbonyl (C=O) groups is 1. The Morgan fingerprint density at radius 2 is 1.88 bits per heavy atom. The van der Waals surface area contributed by atoms with E-state index in [1.807, 2.05) is 30.3 Å². The molecule has 0 spiro atoms. The van der Waals surface area contributed by atoms with Crippen LogP contribution in [0.5, 0.6) is 0 Å². The molecule has 0 saturated carbocycles. The zero-order valence-corrected chi connectivity index (χ0v) is 13.7. The van der Waals surface area contributed by atoms with Gasteiger partial charge in [0.15, 0.2) is 6.23 Å². The smallest absolute Gasteiger partial charge is 0.243 e. The maximum atomic E-state index is 12.2. The molecule has 1 saturated heterocycles. The van der Waals surface area contributed by atoms with E-state index in [1.165, 1.54) is 4.68 Å². The number of aromatic nitrogens is 3. The van der Waals surface area contributed by atoms with E-state index in [4.69, 9.17) is 9.84 Å². The number of aliphatic hydroxyl groups is 4. The molecular weight excluding hydrogens is 344 g/mol. The largest absolute Gasteiger partial charge is 0.394 e. The molecule has 2 aromatic rings. The zero-order valence-electron chi connectivity index (χ0n) is 13.7. The predicted octanol–water partition coefficient (Wildman–Crippen LogP) is -2.14. The number of rotatable bonds is 5. The van der Waals surface area contributed by atoms with Gasteiger partial charge in [-0.15, -0.1) is 5.10 Å². The number of hydrogen-bond acceptors (Lipinski definition) is 8. The molecule has 1 aromatic heterocycles. The first kappa shape index (κ1) is 18.4. The van der Waals surface area contributed by atoms with Gasteiger partial charge in [0.2, 0.25) is 5.91 Å². The summed E-state index contributed by atoms with van der Waals surface area (Å²) in [5.74, 6) is -0.543. The topological polar surface area (TPSA) is 150 Å². The Bertz CT molecular complexity index is 737. The third-order valence-corrected chi connectivity index (χ3v) is 4.11. The Balaban J connectivity index is 1.61. The predicted molar refractivity (Wildman–Crippen MR) is 87.4 cm³/mol. The van der Waals surface area contributed by atoms with Crippen molar-refractivity contribution in [1.82, 2.24) is 20.3 Å². The summed E-state index contributed by atoms with van der Waals surface area (Å²) in [5, 5.41) is 48.8. The number of nitrogens with one attached hydrogen (secondary N) is 1. The summed E-state index contributed by atoms with van der Waals surface area (Å²) < 4.78 is 6.55. The van der Waals surface area contributed by atoms with Crippen molar-refractivity contribution < 1.29 is 30.0 Å². The Morgan fingerprint density at radius 3 is 2.58 bits per heavy atom. The van der Waals surface area contributed by atoms with Crippen molar-refractivity contribution in [3.8, 4) is 11.3 Å². The molecule has 10 heteroatoms. The van der Waals surface area contributed by atoms with Gasteiger partial charge in [0.25, 0.3) is 0 Å². The van der Waals surface area contributed by atoms with Crippen LogP contribution in [0.3, 0.4) is 0 Å². The maximum absolute atomic E-state index is 12.2. The fourth-order valence-corrected chi connectivity index (χ4v) is 2.69. The van der Waals surface area contributed by atoms with Crippen LogP contribution in [0.25, 0.3) is 11.3 Å². The van der Waals surface area contributed by atoms with Crippen LogP contribution in [-0.2, 0) is 16.1 Å². The SMILES string of the molecule is O=C(Cn1cc(-c2ccccc2)nn1)N[C@@H]1O[C@H](CO)[C@@H](O)[C@H](O)[C@H]1O. The molecule has 1 amide bonds. The first-order chi connectivity index (χ1) is 12.5. The van der Waals surface area contributed by atoms with E-state index in [2.05, 4.69) is 15.6 Å². The van der Waals surface area contributed by atoms with Crippen LogP contribution in [0.1, 0.15) is 0 Å². The van der Waals surface area contributed by atoms with Crippen molar-refractivity contribution in [3.63, 3.8) is 0 Å². The van der Waals surface area contributed by atoms with Crippen molar-refractivity contribution in [1.29, 1.82) is 0 Å². The summed E-state index contributed by atoms with van der Waals surface area (Å²) in [6.07, 6.45) is -5.33. The molecule has 1 aliphatic heterocycles. The van der Waals surface area contributed by atoms with Crippen LogP contribution in [0.15, 0.2) is 36.5 Å². The van der Waals surface area contributed by atoms with Gasteiger partial charge in [-0.1, -0.05) is 35.5 Å². The summed E-state index contributed by atoms with van der Waals surface area (Å²) >= 11 is 0. The second-order valence-corrected chi connectivity index (χ2v) is 5.98. The number of aliphatic hydroxyl groups excluding tert-OH is 4. The van der Waals surface area contributed by atoms with Gasteiger partial charge in [-0.25, -0.2) is 4.68 Å². The van der Waals surface area contributed by atoms with Crippen molar-refractivity contribution in [2.75, 3.05) is 6.61 Å². The van der Waals surface area contributed by atoms with Gasteiger partial charge in [-0.05, 0) is 0 Å². The van der Waals surface area contributed by atoms with Gasteiger partial charge in [0.1, 0.15) is 36.7 Å². The van der Waals surface area contributed by atoms with E-state index in [1.54, 1.807) is 6.20 Å². The minimum Gasteiger partial charge on any atom is -0.394 e. The third kappa shape index (κ3) is 3.89. The second kappa shape index (κ2) is 7.89. The summed E-state index contributed by atoms with van der Waals surface area (Å²) in [6, 6.07) is 9.33. The Kier molecular flexibility index (Phi) is 5.59. The molecule has 1 aromatic carbocycles. The van der Waals surface area contributed by atoms with E-state index < -0.39 is 43.2 Å². The molecule has 0 radical (unpaired) electrons. The molecule has 2 heterocycles. The van der Waals surface area contributed by atoms with Crippen molar-refractivity contribution in [3.05, 3.63) is 36.5 Å². The third-order valence-electron chi connectivity index (χ3n) is 4.11. The highest BCUT2D eigenvalue weighted by molar-refractivity contribution is 5.76. The lowest BCUT2D eigenvalue weighted by molar-refractivity contribution is -0.236. The standard InChI is InChI=1S/C16H20N4O6/c21-8-11-13(23)14(24)15(25)16(26-11)17-12(22)7-20-6-10(18-19-20)9-4-2-1-3-5-9/h1-6,11,13-16,21,23-25H,7-8H2,(H,17,22)/t11-,13-,14+,15-,16-/m1/s1. The quantitative estimate of drug-likeness (QED) is 0.403.